The zero-order valence-electron chi connectivity index (χ0n) is 9.38. The van der Waals surface area contributed by atoms with Crippen LogP contribution in [0.5, 0.6) is 0 Å². The lowest BCUT2D eigenvalue weighted by Crippen LogP contribution is -2.28. The molecular formula is C9H16N6. The van der Waals surface area contributed by atoms with Crippen LogP contribution in [0, 0.1) is 17.2 Å². The predicted molar refractivity (Wildman–Crippen MR) is 54.5 cm³/mol. The van der Waals surface area contributed by atoms with Crippen LogP contribution in [-0.2, 0) is 13.6 Å². The highest BCUT2D eigenvalue weighted by Crippen LogP contribution is 2.02. The van der Waals surface area contributed by atoms with Crippen LogP contribution in [0.2, 0.25) is 0 Å². The molecule has 15 heavy (non-hydrogen) atoms. The number of rotatable bonds is 5. The van der Waals surface area contributed by atoms with Crippen molar-refractivity contribution in [1.82, 2.24) is 25.1 Å². The van der Waals surface area contributed by atoms with E-state index in [9.17, 15) is 0 Å². The molecule has 1 rings (SSSR count). The number of aryl methyl sites for hydroxylation is 1. The third kappa shape index (κ3) is 3.64. The third-order valence-electron chi connectivity index (χ3n) is 2.11. The molecule has 0 N–H and O–H groups in total. The second kappa shape index (κ2) is 5.41. The van der Waals surface area contributed by atoms with Crippen molar-refractivity contribution in [3.05, 3.63) is 5.82 Å². The fourth-order valence-electron chi connectivity index (χ4n) is 1.32. The molecule has 0 saturated carbocycles. The van der Waals surface area contributed by atoms with E-state index in [2.05, 4.69) is 33.3 Å². The Hall–Kier alpha value is -1.48. The van der Waals surface area contributed by atoms with Gasteiger partial charge in [-0.15, -0.1) is 10.2 Å². The van der Waals surface area contributed by atoms with Crippen LogP contribution in [0.4, 0.5) is 0 Å². The number of hydrogen-bond donors (Lipinski definition) is 0. The number of hydrogen-bond acceptors (Lipinski definition) is 5. The van der Waals surface area contributed by atoms with Crippen LogP contribution >= 0.6 is 0 Å². The summed E-state index contributed by atoms with van der Waals surface area (Å²) < 4.78 is 0. The molecule has 6 heteroatoms. The topological polar surface area (TPSA) is 70.6 Å². The lowest BCUT2D eigenvalue weighted by atomic mass is 10.2. The Balaban J connectivity index is 2.51. The van der Waals surface area contributed by atoms with Crippen LogP contribution in [0.3, 0.4) is 0 Å². The molecule has 0 aliphatic rings. The van der Waals surface area contributed by atoms with Crippen LogP contribution < -0.4 is 0 Å². The summed E-state index contributed by atoms with van der Waals surface area (Å²) in [5.41, 5.74) is 0. The summed E-state index contributed by atoms with van der Waals surface area (Å²) in [5, 5.41) is 20.5. The van der Waals surface area contributed by atoms with Gasteiger partial charge in [0.2, 0.25) is 0 Å². The lowest BCUT2D eigenvalue weighted by molar-refractivity contribution is 0.254. The molecular weight excluding hydrogens is 192 g/mol. The summed E-state index contributed by atoms with van der Waals surface area (Å²) in [6.07, 6.45) is 0. The second-order valence-corrected chi connectivity index (χ2v) is 3.55. The summed E-state index contributed by atoms with van der Waals surface area (Å²) in [6.45, 7) is 6.24. The highest BCUT2D eigenvalue weighted by molar-refractivity contribution is 4.83. The Morgan fingerprint density at radius 2 is 2.33 bits per heavy atom. The van der Waals surface area contributed by atoms with Crippen molar-refractivity contribution >= 4 is 0 Å². The molecule has 1 heterocycles. The molecule has 0 aliphatic carbocycles. The van der Waals surface area contributed by atoms with Crippen molar-refractivity contribution < 1.29 is 0 Å². The molecule has 1 atom stereocenters. The Morgan fingerprint density at radius 1 is 1.60 bits per heavy atom. The first kappa shape index (κ1) is 11.6. The molecule has 6 nitrogen and oxygen atoms in total. The first-order chi connectivity index (χ1) is 7.15. The third-order valence-corrected chi connectivity index (χ3v) is 2.11. The average Bonchev–Trinajstić information content (AvgIpc) is 2.62. The van der Waals surface area contributed by atoms with Gasteiger partial charge >= 0.3 is 0 Å². The Bertz CT molecular complexity index is 339. The van der Waals surface area contributed by atoms with Gasteiger partial charge in [0.1, 0.15) is 0 Å². The van der Waals surface area contributed by atoms with Crippen molar-refractivity contribution in [2.75, 3.05) is 13.1 Å². The largest absolute Gasteiger partial charge is 0.295 e. The maximum Gasteiger partial charge on any atom is 0.188 e. The van der Waals surface area contributed by atoms with Gasteiger partial charge in [-0.3, -0.25) is 4.90 Å². The van der Waals surface area contributed by atoms with E-state index in [0.717, 1.165) is 13.1 Å². The van der Waals surface area contributed by atoms with Crippen LogP contribution in [-0.4, -0.2) is 38.2 Å². The number of tetrazole rings is 1. The van der Waals surface area contributed by atoms with Crippen molar-refractivity contribution in [3.8, 4) is 6.07 Å². The number of nitriles is 1. The maximum atomic E-state index is 8.73. The van der Waals surface area contributed by atoms with Crippen molar-refractivity contribution in [2.45, 2.75) is 20.4 Å². The van der Waals surface area contributed by atoms with E-state index in [-0.39, 0.29) is 5.92 Å². The van der Waals surface area contributed by atoms with Crippen molar-refractivity contribution in [2.24, 2.45) is 13.0 Å². The smallest absolute Gasteiger partial charge is 0.188 e. The molecule has 1 aromatic heterocycles. The van der Waals surface area contributed by atoms with Gasteiger partial charge in [0.25, 0.3) is 0 Å². The lowest BCUT2D eigenvalue weighted by Gasteiger charge is -2.19. The molecule has 0 spiro atoms. The van der Waals surface area contributed by atoms with E-state index in [4.69, 9.17) is 5.26 Å². The van der Waals surface area contributed by atoms with Crippen molar-refractivity contribution in [1.29, 1.82) is 5.26 Å². The van der Waals surface area contributed by atoms with E-state index in [1.807, 2.05) is 6.92 Å². The van der Waals surface area contributed by atoms with E-state index in [1.54, 1.807) is 7.05 Å². The predicted octanol–water partition coefficient (Wildman–Crippen LogP) is 0.192. The van der Waals surface area contributed by atoms with Gasteiger partial charge in [-0.05, 0) is 18.7 Å². The van der Waals surface area contributed by atoms with Gasteiger partial charge in [0.05, 0.1) is 25.6 Å². The molecule has 82 valence electrons. The zero-order valence-corrected chi connectivity index (χ0v) is 9.38. The van der Waals surface area contributed by atoms with Crippen LogP contribution in [0.15, 0.2) is 0 Å². The highest BCUT2D eigenvalue weighted by atomic mass is 15.6. The summed E-state index contributed by atoms with van der Waals surface area (Å²) in [4.78, 5) is 3.57. The van der Waals surface area contributed by atoms with Crippen LogP contribution in [0.1, 0.15) is 19.7 Å². The summed E-state index contributed by atoms with van der Waals surface area (Å²) in [6, 6.07) is 2.22. The van der Waals surface area contributed by atoms with E-state index < -0.39 is 0 Å². The minimum Gasteiger partial charge on any atom is -0.295 e. The molecule has 0 fully saturated rings. The minimum absolute atomic E-state index is 0.0293. The highest BCUT2D eigenvalue weighted by Gasteiger charge is 2.11. The van der Waals surface area contributed by atoms with E-state index in [0.29, 0.717) is 12.4 Å². The number of aromatic nitrogens is 4. The fraction of sp³-hybridized carbons (Fsp3) is 0.778. The Kier molecular flexibility index (Phi) is 4.18. The number of nitrogens with zero attached hydrogens (tertiary/aromatic N) is 6. The molecule has 0 bridgehead atoms. The molecule has 0 radical (unpaired) electrons. The summed E-state index contributed by atoms with van der Waals surface area (Å²) in [5.74, 6) is 0.728. The fourth-order valence-corrected chi connectivity index (χ4v) is 1.32. The van der Waals surface area contributed by atoms with Crippen LogP contribution in [0.25, 0.3) is 0 Å². The van der Waals surface area contributed by atoms with Gasteiger partial charge in [0.15, 0.2) is 5.82 Å². The van der Waals surface area contributed by atoms with Gasteiger partial charge in [-0.2, -0.15) is 10.1 Å². The Labute approximate surface area is 89.5 Å². The standard InChI is InChI=1S/C9H16N6/c1-4-15(6-8(2)5-10)7-9-11-13-14(3)12-9/h8H,4,6-7H2,1-3H3. The minimum atomic E-state index is 0.0293. The first-order valence-corrected chi connectivity index (χ1v) is 5.00. The van der Waals surface area contributed by atoms with Gasteiger partial charge in [-0.1, -0.05) is 6.92 Å². The van der Waals surface area contributed by atoms with Gasteiger partial charge in [-0.25, -0.2) is 0 Å². The molecule has 0 saturated heterocycles. The zero-order chi connectivity index (χ0) is 11.3. The van der Waals surface area contributed by atoms with E-state index in [1.165, 1.54) is 4.80 Å². The average molecular weight is 208 g/mol. The molecule has 1 unspecified atom stereocenters. The first-order valence-electron chi connectivity index (χ1n) is 5.00. The monoisotopic (exact) mass is 208 g/mol. The second-order valence-electron chi connectivity index (χ2n) is 3.55. The SMILES string of the molecule is CCN(Cc1nnn(C)n1)CC(C)C#N. The molecule has 1 aromatic rings. The Morgan fingerprint density at radius 3 is 2.80 bits per heavy atom. The molecule has 0 aliphatic heterocycles. The quantitative estimate of drug-likeness (QED) is 0.691. The normalized spacial score (nSPS) is 12.7. The van der Waals surface area contributed by atoms with Gasteiger partial charge in [0, 0.05) is 6.54 Å². The van der Waals surface area contributed by atoms with E-state index >= 15 is 0 Å². The summed E-state index contributed by atoms with van der Waals surface area (Å²) >= 11 is 0. The molecule has 0 aromatic carbocycles. The maximum absolute atomic E-state index is 8.73. The van der Waals surface area contributed by atoms with Crippen molar-refractivity contribution in [3.63, 3.8) is 0 Å². The van der Waals surface area contributed by atoms with Gasteiger partial charge < -0.3 is 0 Å². The molecule has 0 amide bonds. The summed E-state index contributed by atoms with van der Waals surface area (Å²) in [7, 11) is 1.74.